The van der Waals surface area contributed by atoms with Gasteiger partial charge in [0.25, 0.3) is 0 Å². The Morgan fingerprint density at radius 2 is 1.47 bits per heavy atom. The van der Waals surface area contributed by atoms with Crippen LogP contribution in [0.15, 0.2) is 54.6 Å². The van der Waals surface area contributed by atoms with Crippen LogP contribution in [0.25, 0.3) is 11.1 Å². The van der Waals surface area contributed by atoms with Crippen molar-refractivity contribution >= 4 is 0 Å². The molecule has 0 amide bonds. The van der Waals surface area contributed by atoms with Crippen LogP contribution in [0.5, 0.6) is 5.75 Å². The maximum Gasteiger partial charge on any atom is 0.166 e. The first-order valence-corrected chi connectivity index (χ1v) is 10.5. The minimum absolute atomic E-state index is 0.215. The topological polar surface area (TPSA) is 9.23 Å². The molecule has 0 aliphatic heterocycles. The zero-order chi connectivity index (χ0) is 21.5. The van der Waals surface area contributed by atoms with Gasteiger partial charge >= 0.3 is 0 Å². The molecule has 0 N–H and O–H groups in total. The molecule has 4 heteroatoms. The van der Waals surface area contributed by atoms with E-state index in [0.29, 0.717) is 35.3 Å². The molecule has 158 valence electrons. The number of hydrogen-bond acceptors (Lipinski definition) is 1. The van der Waals surface area contributed by atoms with Gasteiger partial charge < -0.3 is 4.74 Å². The molecule has 0 aliphatic rings. The number of rotatable bonds is 9. The van der Waals surface area contributed by atoms with Crippen molar-refractivity contribution in [2.75, 3.05) is 0 Å². The molecule has 3 rings (SSSR count). The highest BCUT2D eigenvalue weighted by Gasteiger charge is 2.14. The van der Waals surface area contributed by atoms with Gasteiger partial charge in [-0.25, -0.2) is 13.2 Å². The number of benzene rings is 3. The van der Waals surface area contributed by atoms with Crippen LogP contribution in [-0.2, 0) is 19.4 Å². The van der Waals surface area contributed by atoms with Gasteiger partial charge in [0.05, 0.1) is 0 Å². The van der Waals surface area contributed by atoms with Crippen molar-refractivity contribution in [1.82, 2.24) is 0 Å². The summed E-state index contributed by atoms with van der Waals surface area (Å²) in [6.07, 6.45) is 3.90. The summed E-state index contributed by atoms with van der Waals surface area (Å²) in [4.78, 5) is 0. The maximum absolute atomic E-state index is 14.5. The van der Waals surface area contributed by atoms with Crippen LogP contribution in [0.3, 0.4) is 0 Å². The van der Waals surface area contributed by atoms with Gasteiger partial charge in [-0.1, -0.05) is 63.1 Å². The lowest BCUT2D eigenvalue weighted by atomic mass is 10.00. The van der Waals surface area contributed by atoms with Gasteiger partial charge in [-0.2, -0.15) is 0 Å². The molecule has 0 saturated heterocycles. The highest BCUT2D eigenvalue weighted by atomic mass is 19.2. The number of unbranched alkanes of at least 4 members (excludes halogenated alkanes) is 1. The molecule has 0 bridgehead atoms. The van der Waals surface area contributed by atoms with Crippen LogP contribution in [0.1, 0.15) is 49.8 Å². The number of hydrogen-bond donors (Lipinski definition) is 0. The van der Waals surface area contributed by atoms with Gasteiger partial charge in [0, 0.05) is 5.56 Å². The molecule has 0 fully saturated rings. The molecule has 0 aromatic heterocycles. The molecule has 0 radical (unpaired) electrons. The summed E-state index contributed by atoms with van der Waals surface area (Å²) < 4.78 is 48.6. The lowest BCUT2D eigenvalue weighted by Crippen LogP contribution is -1.99. The van der Waals surface area contributed by atoms with Crippen LogP contribution < -0.4 is 4.74 Å². The van der Waals surface area contributed by atoms with Gasteiger partial charge in [0.1, 0.15) is 18.2 Å². The second-order valence-electron chi connectivity index (χ2n) is 7.49. The lowest BCUT2D eigenvalue weighted by molar-refractivity contribution is 0.305. The Morgan fingerprint density at radius 1 is 0.733 bits per heavy atom. The van der Waals surface area contributed by atoms with Crippen LogP contribution in [0, 0.1) is 17.5 Å². The van der Waals surface area contributed by atoms with Crippen molar-refractivity contribution in [1.29, 1.82) is 0 Å². The van der Waals surface area contributed by atoms with Crippen LogP contribution >= 0.6 is 0 Å². The monoisotopic (exact) mass is 412 g/mol. The predicted octanol–water partition coefficient (Wildman–Crippen LogP) is 7.65. The van der Waals surface area contributed by atoms with Crippen LogP contribution in [0.4, 0.5) is 13.2 Å². The number of aryl methyl sites for hydroxylation is 2. The first-order chi connectivity index (χ1) is 14.5. The van der Waals surface area contributed by atoms with Gasteiger partial charge in [-0.05, 0) is 59.7 Å². The quantitative estimate of drug-likeness (QED) is 0.351. The molecule has 0 unspecified atom stereocenters. The van der Waals surface area contributed by atoms with Crippen LogP contribution in [0.2, 0.25) is 0 Å². The SMILES string of the molecule is CCCCc1ccc(-c2ccc(OCc3ccc(CCC)c(F)c3)cc2)c(F)c1F. The van der Waals surface area contributed by atoms with E-state index in [-0.39, 0.29) is 18.0 Å². The van der Waals surface area contributed by atoms with E-state index in [2.05, 4.69) is 0 Å². The molecule has 0 heterocycles. The molecular weight excluding hydrogens is 385 g/mol. The van der Waals surface area contributed by atoms with Crippen molar-refractivity contribution < 1.29 is 17.9 Å². The Bertz CT molecular complexity index is 980. The van der Waals surface area contributed by atoms with E-state index >= 15 is 0 Å². The fraction of sp³-hybridized carbons (Fsp3) is 0.308. The molecule has 3 aromatic rings. The Labute approximate surface area is 176 Å². The lowest BCUT2D eigenvalue weighted by Gasteiger charge is -2.11. The van der Waals surface area contributed by atoms with Crippen molar-refractivity contribution in [3.63, 3.8) is 0 Å². The molecule has 3 aromatic carbocycles. The largest absolute Gasteiger partial charge is 0.489 e. The summed E-state index contributed by atoms with van der Waals surface area (Å²) in [6, 6.07) is 15.2. The van der Waals surface area contributed by atoms with E-state index in [1.165, 1.54) is 6.07 Å². The normalized spacial score (nSPS) is 11.0. The van der Waals surface area contributed by atoms with Gasteiger partial charge in [-0.15, -0.1) is 0 Å². The average Bonchev–Trinajstić information content (AvgIpc) is 2.76. The third-order valence-electron chi connectivity index (χ3n) is 5.17. The van der Waals surface area contributed by atoms with E-state index < -0.39 is 11.6 Å². The first kappa shape index (κ1) is 21.9. The van der Waals surface area contributed by atoms with Gasteiger partial charge in [-0.3, -0.25) is 0 Å². The predicted molar refractivity (Wildman–Crippen MR) is 115 cm³/mol. The average molecular weight is 412 g/mol. The zero-order valence-electron chi connectivity index (χ0n) is 17.5. The molecule has 1 nitrogen and oxygen atoms in total. The second kappa shape index (κ2) is 10.3. The van der Waals surface area contributed by atoms with E-state index in [1.807, 2.05) is 19.9 Å². The summed E-state index contributed by atoms with van der Waals surface area (Å²) in [5.41, 5.74) is 2.67. The smallest absolute Gasteiger partial charge is 0.166 e. The third-order valence-corrected chi connectivity index (χ3v) is 5.17. The van der Waals surface area contributed by atoms with Crippen molar-refractivity contribution in [3.05, 3.63) is 88.7 Å². The Kier molecular flexibility index (Phi) is 7.56. The summed E-state index contributed by atoms with van der Waals surface area (Å²) in [5.74, 6) is -1.22. The molecule has 0 saturated carbocycles. The second-order valence-corrected chi connectivity index (χ2v) is 7.49. The fourth-order valence-electron chi connectivity index (χ4n) is 3.42. The minimum atomic E-state index is -0.820. The molecule has 0 spiro atoms. The number of halogens is 3. The molecule has 0 aliphatic carbocycles. The highest BCUT2D eigenvalue weighted by molar-refractivity contribution is 5.65. The first-order valence-electron chi connectivity index (χ1n) is 10.5. The maximum atomic E-state index is 14.5. The standard InChI is InChI=1S/C26H27F3O/c1-3-5-7-21-12-15-23(26(29)25(21)28)19-10-13-22(14-11-19)30-17-18-8-9-20(6-4-2)24(27)16-18/h8-16H,3-7,17H2,1-2H3. The zero-order valence-corrected chi connectivity index (χ0v) is 17.5. The summed E-state index contributed by atoms with van der Waals surface area (Å²) >= 11 is 0. The third kappa shape index (κ3) is 5.24. The Balaban J connectivity index is 1.68. The van der Waals surface area contributed by atoms with Crippen LogP contribution in [-0.4, -0.2) is 0 Å². The Morgan fingerprint density at radius 3 is 2.13 bits per heavy atom. The van der Waals surface area contributed by atoms with Crippen molar-refractivity contribution in [3.8, 4) is 16.9 Å². The van der Waals surface area contributed by atoms with Gasteiger partial charge in [0.2, 0.25) is 0 Å². The molecular formula is C26H27F3O. The molecule has 30 heavy (non-hydrogen) atoms. The van der Waals surface area contributed by atoms with E-state index in [1.54, 1.807) is 42.5 Å². The summed E-state index contributed by atoms with van der Waals surface area (Å²) in [6.45, 7) is 4.27. The van der Waals surface area contributed by atoms with E-state index in [4.69, 9.17) is 4.74 Å². The van der Waals surface area contributed by atoms with E-state index in [0.717, 1.165) is 24.8 Å². The molecule has 0 atom stereocenters. The minimum Gasteiger partial charge on any atom is -0.489 e. The van der Waals surface area contributed by atoms with Crippen molar-refractivity contribution in [2.45, 2.75) is 52.6 Å². The highest BCUT2D eigenvalue weighted by Crippen LogP contribution is 2.29. The van der Waals surface area contributed by atoms with Crippen molar-refractivity contribution in [2.24, 2.45) is 0 Å². The van der Waals surface area contributed by atoms with E-state index in [9.17, 15) is 13.2 Å². The summed E-state index contributed by atoms with van der Waals surface area (Å²) in [5, 5.41) is 0. The summed E-state index contributed by atoms with van der Waals surface area (Å²) in [7, 11) is 0. The van der Waals surface area contributed by atoms with Gasteiger partial charge in [0.15, 0.2) is 11.6 Å². The Hall–Kier alpha value is -2.75. The fourth-order valence-corrected chi connectivity index (χ4v) is 3.42. The number of ether oxygens (including phenoxy) is 1.